The predicted molar refractivity (Wildman–Crippen MR) is 160 cm³/mol. The fraction of sp³-hybridized carbons (Fsp3) is 0.333. The summed E-state index contributed by atoms with van der Waals surface area (Å²) in [6.07, 6.45) is 0.369. The second-order valence-electron chi connectivity index (χ2n) is 10.6. The lowest BCUT2D eigenvalue weighted by molar-refractivity contribution is 0.0768. The molecule has 2 heterocycles. The zero-order valence-electron chi connectivity index (χ0n) is 23.3. The topological polar surface area (TPSA) is 77.8 Å². The molecule has 2 atom stereocenters. The van der Waals surface area contributed by atoms with E-state index < -0.39 is 0 Å². The van der Waals surface area contributed by atoms with Crippen molar-refractivity contribution >= 4 is 16.7 Å². The Labute approximate surface area is 235 Å². The molecule has 0 bridgehead atoms. The van der Waals surface area contributed by atoms with Crippen molar-refractivity contribution in [2.75, 3.05) is 32.7 Å². The van der Waals surface area contributed by atoms with Crippen LogP contribution in [-0.4, -0.2) is 64.2 Å². The highest BCUT2D eigenvalue weighted by Gasteiger charge is 2.27. The van der Waals surface area contributed by atoms with E-state index in [-0.39, 0.29) is 23.6 Å². The van der Waals surface area contributed by atoms with Crippen molar-refractivity contribution in [1.29, 1.82) is 0 Å². The molecule has 1 amide bonds. The molecule has 7 heteroatoms. The largest absolute Gasteiger partial charge is 0.392 e. The van der Waals surface area contributed by atoms with Gasteiger partial charge in [0.25, 0.3) is 11.5 Å². The number of piperazine rings is 1. The first-order valence-electron chi connectivity index (χ1n) is 14.2. The van der Waals surface area contributed by atoms with E-state index in [1.165, 1.54) is 0 Å². The molecule has 1 saturated heterocycles. The highest BCUT2D eigenvalue weighted by atomic mass is 16.3. The van der Waals surface area contributed by atoms with Gasteiger partial charge in [-0.15, -0.1) is 0 Å². The van der Waals surface area contributed by atoms with Crippen molar-refractivity contribution in [3.63, 3.8) is 0 Å². The third-order valence-electron chi connectivity index (χ3n) is 7.71. The number of nitrogens with one attached hydrogen (secondary N) is 1. The van der Waals surface area contributed by atoms with Crippen LogP contribution in [0.5, 0.6) is 0 Å². The molecule has 2 N–H and O–H groups in total. The lowest BCUT2D eigenvalue weighted by atomic mass is 9.99. The average molecular weight is 539 g/mol. The Hall–Kier alpha value is -3.78. The number of amides is 1. The van der Waals surface area contributed by atoms with E-state index in [9.17, 15) is 14.7 Å². The van der Waals surface area contributed by atoms with Gasteiger partial charge in [-0.25, -0.2) is 0 Å². The standard InChI is InChI=1S/C33H38N4O3/c1-3-29(25-12-6-4-7-13-25)34-32(39)31-27-16-10-11-17-28(27)33(40)37(26-14-8-5-9-15-26)30(31)23-36-20-18-35(19-21-36)22-24(2)38/h4-17,24,29,38H,3,18-23H2,1-2H3,(H,34,39)/t24-,29?/m0/s1. The van der Waals surface area contributed by atoms with Crippen molar-refractivity contribution in [3.05, 3.63) is 112 Å². The van der Waals surface area contributed by atoms with Crippen LogP contribution >= 0.6 is 0 Å². The number of benzene rings is 3. The summed E-state index contributed by atoms with van der Waals surface area (Å²) in [6, 6.07) is 26.9. The van der Waals surface area contributed by atoms with E-state index in [1.807, 2.05) is 85.8 Å². The van der Waals surface area contributed by atoms with Gasteiger partial charge in [-0.1, -0.05) is 73.7 Å². The monoisotopic (exact) mass is 538 g/mol. The van der Waals surface area contributed by atoms with E-state index in [1.54, 1.807) is 10.6 Å². The summed E-state index contributed by atoms with van der Waals surface area (Å²) in [4.78, 5) is 32.8. The van der Waals surface area contributed by atoms with E-state index in [4.69, 9.17) is 0 Å². The van der Waals surface area contributed by atoms with Crippen LogP contribution in [0.25, 0.3) is 16.5 Å². The van der Waals surface area contributed by atoms with Crippen molar-refractivity contribution in [2.45, 2.75) is 39.0 Å². The normalized spacial score (nSPS) is 16.1. The minimum atomic E-state index is -0.373. The van der Waals surface area contributed by atoms with Gasteiger partial charge >= 0.3 is 0 Å². The number of rotatable bonds is 9. The number of nitrogens with zero attached hydrogens (tertiary/aromatic N) is 3. The first-order valence-corrected chi connectivity index (χ1v) is 14.2. The smallest absolute Gasteiger partial charge is 0.263 e. The quantitative estimate of drug-likeness (QED) is 0.331. The zero-order valence-corrected chi connectivity index (χ0v) is 23.3. The SMILES string of the molecule is CCC(NC(=O)c1c(CN2CCN(C[C@H](C)O)CC2)n(-c2ccccc2)c(=O)c2ccccc12)c1ccccc1. The minimum absolute atomic E-state index is 0.129. The van der Waals surface area contributed by atoms with Crippen LogP contribution in [0.3, 0.4) is 0 Å². The summed E-state index contributed by atoms with van der Waals surface area (Å²) in [5.41, 5.74) is 2.90. The highest BCUT2D eigenvalue weighted by Crippen LogP contribution is 2.26. The second kappa shape index (κ2) is 12.6. The van der Waals surface area contributed by atoms with Gasteiger partial charge in [-0.3, -0.25) is 24.0 Å². The molecule has 0 spiro atoms. The molecule has 1 aliphatic heterocycles. The van der Waals surface area contributed by atoms with E-state index in [2.05, 4.69) is 22.0 Å². The molecule has 0 aliphatic carbocycles. The summed E-state index contributed by atoms with van der Waals surface area (Å²) in [5.74, 6) is -0.181. The van der Waals surface area contributed by atoms with Crippen molar-refractivity contribution in [3.8, 4) is 5.69 Å². The summed E-state index contributed by atoms with van der Waals surface area (Å²) in [6.45, 7) is 8.18. The molecule has 40 heavy (non-hydrogen) atoms. The molecular weight excluding hydrogens is 500 g/mol. The maximum absolute atomic E-state index is 14.3. The van der Waals surface area contributed by atoms with E-state index >= 15 is 0 Å². The summed E-state index contributed by atoms with van der Waals surface area (Å²) in [5, 5.41) is 14.3. The van der Waals surface area contributed by atoms with Gasteiger partial charge in [0.15, 0.2) is 0 Å². The number of pyridine rings is 1. The maximum atomic E-state index is 14.3. The summed E-state index contributed by atoms with van der Waals surface area (Å²) < 4.78 is 1.73. The third kappa shape index (κ3) is 6.02. The number of hydrogen-bond donors (Lipinski definition) is 2. The molecule has 1 unspecified atom stereocenters. The Morgan fingerprint density at radius 2 is 1.43 bits per heavy atom. The van der Waals surface area contributed by atoms with Gasteiger partial charge in [-0.2, -0.15) is 0 Å². The van der Waals surface area contributed by atoms with Crippen LogP contribution in [0.4, 0.5) is 0 Å². The number of carbonyl (C=O) groups is 1. The second-order valence-corrected chi connectivity index (χ2v) is 10.6. The van der Waals surface area contributed by atoms with Gasteiger partial charge in [0.2, 0.25) is 0 Å². The first-order chi connectivity index (χ1) is 19.5. The molecule has 4 aromatic rings. The lowest BCUT2D eigenvalue weighted by Crippen LogP contribution is -2.48. The van der Waals surface area contributed by atoms with Crippen molar-refractivity contribution < 1.29 is 9.90 Å². The number of hydrogen-bond acceptors (Lipinski definition) is 5. The number of para-hydroxylation sites is 1. The van der Waals surface area contributed by atoms with Gasteiger partial charge in [0.1, 0.15) is 0 Å². The number of aromatic nitrogens is 1. The Bertz CT molecular complexity index is 1490. The molecular formula is C33H38N4O3. The average Bonchev–Trinajstić information content (AvgIpc) is 2.98. The maximum Gasteiger partial charge on any atom is 0.263 e. The number of aliphatic hydroxyl groups excluding tert-OH is 1. The Kier molecular flexibility index (Phi) is 8.75. The molecule has 1 aliphatic rings. The highest BCUT2D eigenvalue weighted by molar-refractivity contribution is 6.08. The van der Waals surface area contributed by atoms with Crippen LogP contribution in [0.1, 0.15) is 47.9 Å². The fourth-order valence-corrected chi connectivity index (χ4v) is 5.70. The summed E-state index contributed by atoms with van der Waals surface area (Å²) >= 11 is 0. The van der Waals surface area contributed by atoms with E-state index in [0.717, 1.165) is 43.9 Å². The van der Waals surface area contributed by atoms with Crippen molar-refractivity contribution in [1.82, 2.24) is 19.7 Å². The van der Waals surface area contributed by atoms with E-state index in [0.29, 0.717) is 35.1 Å². The molecule has 0 radical (unpaired) electrons. The number of β-amino-alcohol motifs (C(OH)–C–C–N with tert-alkyl or cyclic N) is 1. The number of fused-ring (bicyclic) bond motifs is 1. The molecule has 208 valence electrons. The van der Waals surface area contributed by atoms with Crippen LogP contribution in [0.2, 0.25) is 0 Å². The van der Waals surface area contributed by atoms with Crippen LogP contribution < -0.4 is 10.9 Å². The number of aliphatic hydroxyl groups is 1. The van der Waals surface area contributed by atoms with Crippen LogP contribution in [0.15, 0.2) is 89.7 Å². The Balaban J connectivity index is 1.61. The molecule has 3 aromatic carbocycles. The lowest BCUT2D eigenvalue weighted by Gasteiger charge is -2.36. The predicted octanol–water partition coefficient (Wildman–Crippen LogP) is 4.37. The zero-order chi connectivity index (χ0) is 28.1. The van der Waals surface area contributed by atoms with Gasteiger partial charge in [0.05, 0.1) is 23.4 Å². The molecule has 1 aromatic heterocycles. The molecule has 5 rings (SSSR count). The molecule has 1 fully saturated rings. The van der Waals surface area contributed by atoms with Crippen molar-refractivity contribution in [2.24, 2.45) is 0 Å². The van der Waals surface area contributed by atoms with Crippen LogP contribution in [-0.2, 0) is 6.54 Å². The van der Waals surface area contributed by atoms with Gasteiger partial charge in [0, 0.05) is 55.7 Å². The van der Waals surface area contributed by atoms with Crippen LogP contribution in [0, 0.1) is 0 Å². The molecule has 7 nitrogen and oxygen atoms in total. The number of carbonyl (C=O) groups excluding carboxylic acids is 1. The Morgan fingerprint density at radius 3 is 2.05 bits per heavy atom. The fourth-order valence-electron chi connectivity index (χ4n) is 5.70. The molecule has 0 saturated carbocycles. The third-order valence-corrected chi connectivity index (χ3v) is 7.71. The summed E-state index contributed by atoms with van der Waals surface area (Å²) in [7, 11) is 0. The Morgan fingerprint density at radius 1 is 0.850 bits per heavy atom. The first kappa shape index (κ1) is 27.8. The minimum Gasteiger partial charge on any atom is -0.392 e. The van der Waals surface area contributed by atoms with Gasteiger partial charge < -0.3 is 10.4 Å². The van der Waals surface area contributed by atoms with Gasteiger partial charge in [-0.05, 0) is 37.1 Å².